The first-order valence-corrected chi connectivity index (χ1v) is 7.85. The molecule has 2 saturated heterocycles. The van der Waals surface area contributed by atoms with Crippen molar-refractivity contribution in [2.45, 2.75) is 19.0 Å². The minimum absolute atomic E-state index is 0.0145. The van der Waals surface area contributed by atoms with Crippen LogP contribution in [0.3, 0.4) is 0 Å². The molecular formula is C16H19N3O5. The van der Waals surface area contributed by atoms with E-state index in [9.17, 15) is 19.5 Å². The molecule has 2 amide bonds. The molecule has 2 aliphatic rings. The van der Waals surface area contributed by atoms with E-state index >= 15 is 0 Å². The highest BCUT2D eigenvalue weighted by molar-refractivity contribution is 5.91. The summed E-state index contributed by atoms with van der Waals surface area (Å²) in [6.07, 6.45) is 1.76. The van der Waals surface area contributed by atoms with E-state index < -0.39 is 17.9 Å². The van der Waals surface area contributed by atoms with Gasteiger partial charge in [-0.3, -0.25) is 14.6 Å². The topological polar surface area (TPSA) is 100 Å². The number of likely N-dealkylation sites (tertiary alicyclic amines) is 1. The van der Waals surface area contributed by atoms with Crippen molar-refractivity contribution in [3.63, 3.8) is 0 Å². The Morgan fingerprint density at radius 3 is 2.92 bits per heavy atom. The van der Waals surface area contributed by atoms with Crippen LogP contribution < -0.4 is 0 Å². The van der Waals surface area contributed by atoms with Gasteiger partial charge < -0.3 is 19.6 Å². The van der Waals surface area contributed by atoms with Crippen molar-refractivity contribution in [3.05, 3.63) is 30.1 Å². The van der Waals surface area contributed by atoms with E-state index in [0.29, 0.717) is 13.2 Å². The Morgan fingerprint density at radius 1 is 1.38 bits per heavy atom. The van der Waals surface area contributed by atoms with Crippen LogP contribution in [0.1, 0.15) is 12.1 Å². The van der Waals surface area contributed by atoms with Crippen molar-refractivity contribution in [1.29, 1.82) is 0 Å². The third-order valence-electron chi connectivity index (χ3n) is 4.34. The summed E-state index contributed by atoms with van der Waals surface area (Å²) < 4.78 is 5.15. The summed E-state index contributed by atoms with van der Waals surface area (Å²) in [5.41, 5.74) is 0.758. The number of aromatic nitrogens is 1. The Kier molecular flexibility index (Phi) is 4.75. The number of carbonyl (C=O) groups is 3. The standard InChI is InChI=1S/C16H19N3O5/c20-14-7-11(8-18(14)9-12-3-1-2-4-17-12)15(21)19-5-6-24-10-13(19)16(22)23/h1-4,11,13H,5-10H2,(H,22,23)/t11-,13-/m0/s1. The maximum absolute atomic E-state index is 12.7. The zero-order chi connectivity index (χ0) is 17.1. The van der Waals surface area contributed by atoms with Crippen molar-refractivity contribution in [2.75, 3.05) is 26.3 Å². The number of aliphatic carboxylic acids is 1. The molecule has 8 heteroatoms. The second kappa shape index (κ2) is 6.96. The quantitative estimate of drug-likeness (QED) is 0.815. The number of rotatable bonds is 4. The van der Waals surface area contributed by atoms with E-state index in [1.54, 1.807) is 17.2 Å². The summed E-state index contributed by atoms with van der Waals surface area (Å²) in [6.45, 7) is 1.18. The number of morpholine rings is 1. The van der Waals surface area contributed by atoms with Gasteiger partial charge in [0.2, 0.25) is 11.8 Å². The summed E-state index contributed by atoms with van der Waals surface area (Å²) >= 11 is 0. The number of amides is 2. The second-order valence-electron chi connectivity index (χ2n) is 5.96. The average molecular weight is 333 g/mol. The molecule has 1 N–H and O–H groups in total. The Hall–Kier alpha value is -2.48. The molecular weight excluding hydrogens is 314 g/mol. The highest BCUT2D eigenvalue weighted by Gasteiger charge is 2.41. The van der Waals surface area contributed by atoms with E-state index in [1.807, 2.05) is 12.1 Å². The van der Waals surface area contributed by atoms with Crippen LogP contribution in [0.25, 0.3) is 0 Å². The van der Waals surface area contributed by atoms with E-state index in [1.165, 1.54) is 4.90 Å². The van der Waals surface area contributed by atoms with E-state index in [4.69, 9.17) is 4.74 Å². The van der Waals surface area contributed by atoms with Crippen LogP contribution in [0.4, 0.5) is 0 Å². The predicted octanol–water partition coefficient (Wildman–Crippen LogP) is -0.258. The van der Waals surface area contributed by atoms with Crippen LogP contribution >= 0.6 is 0 Å². The first-order chi connectivity index (χ1) is 11.6. The average Bonchev–Trinajstić information content (AvgIpc) is 2.96. The molecule has 0 radical (unpaired) electrons. The summed E-state index contributed by atoms with van der Waals surface area (Å²) in [5, 5.41) is 9.24. The Bertz CT molecular complexity index is 636. The van der Waals surface area contributed by atoms with Gasteiger partial charge in [-0.15, -0.1) is 0 Å². The highest BCUT2D eigenvalue weighted by atomic mass is 16.5. The molecule has 3 rings (SSSR count). The van der Waals surface area contributed by atoms with Gasteiger partial charge in [0.05, 0.1) is 31.4 Å². The summed E-state index contributed by atoms with van der Waals surface area (Å²) in [7, 11) is 0. The van der Waals surface area contributed by atoms with Gasteiger partial charge in [-0.2, -0.15) is 0 Å². The third-order valence-corrected chi connectivity index (χ3v) is 4.34. The van der Waals surface area contributed by atoms with Crippen LogP contribution in [-0.4, -0.2) is 70.0 Å². The van der Waals surface area contributed by atoms with Crippen molar-refractivity contribution in [2.24, 2.45) is 5.92 Å². The van der Waals surface area contributed by atoms with Gasteiger partial charge in [0.1, 0.15) is 0 Å². The lowest BCUT2D eigenvalue weighted by atomic mass is 10.1. The SMILES string of the molecule is O=C(O)[C@@H]1COCCN1C(=O)[C@H]1CC(=O)N(Cc2ccccn2)C1. The molecule has 0 aromatic carbocycles. The Balaban J connectivity index is 1.66. The lowest BCUT2D eigenvalue weighted by Crippen LogP contribution is -2.54. The molecule has 2 aliphatic heterocycles. The van der Waals surface area contributed by atoms with Gasteiger partial charge in [0.25, 0.3) is 0 Å². The van der Waals surface area contributed by atoms with Crippen LogP contribution in [0, 0.1) is 5.92 Å². The first kappa shape index (κ1) is 16.4. The van der Waals surface area contributed by atoms with Crippen molar-refractivity contribution in [1.82, 2.24) is 14.8 Å². The molecule has 2 fully saturated rings. The molecule has 1 aromatic heterocycles. The van der Waals surface area contributed by atoms with Gasteiger partial charge in [-0.25, -0.2) is 4.79 Å². The molecule has 0 unspecified atom stereocenters. The second-order valence-corrected chi connectivity index (χ2v) is 5.96. The van der Waals surface area contributed by atoms with Gasteiger partial charge >= 0.3 is 5.97 Å². The normalized spacial score (nSPS) is 24.2. The highest BCUT2D eigenvalue weighted by Crippen LogP contribution is 2.23. The zero-order valence-corrected chi connectivity index (χ0v) is 13.1. The number of hydrogen-bond acceptors (Lipinski definition) is 5. The molecule has 0 saturated carbocycles. The number of ether oxygens (including phenoxy) is 1. The lowest BCUT2D eigenvalue weighted by molar-refractivity contribution is -0.160. The van der Waals surface area contributed by atoms with Gasteiger partial charge in [-0.1, -0.05) is 6.07 Å². The van der Waals surface area contributed by atoms with Crippen LogP contribution in [-0.2, 0) is 25.7 Å². The molecule has 1 aromatic rings. The minimum Gasteiger partial charge on any atom is -0.480 e. The number of carbonyl (C=O) groups excluding carboxylic acids is 2. The third kappa shape index (κ3) is 3.38. The molecule has 8 nitrogen and oxygen atoms in total. The van der Waals surface area contributed by atoms with E-state index in [2.05, 4.69) is 4.98 Å². The number of pyridine rings is 1. The molecule has 3 heterocycles. The number of carboxylic acid groups (broad SMARTS) is 1. The van der Waals surface area contributed by atoms with Crippen LogP contribution in [0.15, 0.2) is 24.4 Å². The maximum atomic E-state index is 12.7. The summed E-state index contributed by atoms with van der Waals surface area (Å²) in [5.74, 6) is -2.00. The fourth-order valence-electron chi connectivity index (χ4n) is 3.08. The largest absolute Gasteiger partial charge is 0.480 e. The van der Waals surface area contributed by atoms with E-state index in [-0.39, 0.29) is 37.9 Å². The maximum Gasteiger partial charge on any atom is 0.328 e. The smallest absolute Gasteiger partial charge is 0.328 e. The van der Waals surface area contributed by atoms with Crippen LogP contribution in [0.2, 0.25) is 0 Å². The fourth-order valence-corrected chi connectivity index (χ4v) is 3.08. The molecule has 0 aliphatic carbocycles. The number of nitrogens with zero attached hydrogens (tertiary/aromatic N) is 3. The summed E-state index contributed by atoms with van der Waals surface area (Å²) in [6, 6.07) is 4.49. The van der Waals surface area contributed by atoms with Gasteiger partial charge in [0.15, 0.2) is 6.04 Å². The first-order valence-electron chi connectivity index (χ1n) is 7.85. The monoisotopic (exact) mass is 333 g/mol. The van der Waals surface area contributed by atoms with Crippen molar-refractivity contribution >= 4 is 17.8 Å². The Labute approximate surface area is 139 Å². The van der Waals surface area contributed by atoms with Gasteiger partial charge in [0, 0.05) is 25.7 Å². The lowest BCUT2D eigenvalue weighted by Gasteiger charge is -2.34. The summed E-state index contributed by atoms with van der Waals surface area (Å²) in [4.78, 5) is 43.3. The zero-order valence-electron chi connectivity index (χ0n) is 13.1. The molecule has 24 heavy (non-hydrogen) atoms. The molecule has 0 spiro atoms. The number of hydrogen-bond donors (Lipinski definition) is 1. The molecule has 128 valence electrons. The predicted molar refractivity (Wildman–Crippen MR) is 81.7 cm³/mol. The number of carboxylic acids is 1. The molecule has 2 atom stereocenters. The fraction of sp³-hybridized carbons (Fsp3) is 0.500. The van der Waals surface area contributed by atoms with Gasteiger partial charge in [-0.05, 0) is 12.1 Å². The van der Waals surface area contributed by atoms with Crippen LogP contribution in [0.5, 0.6) is 0 Å². The molecule has 0 bridgehead atoms. The minimum atomic E-state index is -1.09. The Morgan fingerprint density at radius 2 is 2.21 bits per heavy atom. The van der Waals surface area contributed by atoms with Crippen molar-refractivity contribution < 1.29 is 24.2 Å². The van der Waals surface area contributed by atoms with Crippen molar-refractivity contribution in [3.8, 4) is 0 Å². The van der Waals surface area contributed by atoms with E-state index in [0.717, 1.165) is 5.69 Å².